The van der Waals surface area contributed by atoms with Crippen molar-refractivity contribution < 1.29 is 9.18 Å². The molecule has 0 atom stereocenters. The van der Waals surface area contributed by atoms with Crippen molar-refractivity contribution in [3.63, 3.8) is 0 Å². The van der Waals surface area contributed by atoms with Crippen LogP contribution in [0.15, 0.2) is 52.5 Å². The van der Waals surface area contributed by atoms with Crippen LogP contribution in [0.2, 0.25) is 0 Å². The summed E-state index contributed by atoms with van der Waals surface area (Å²) in [7, 11) is 0. The summed E-state index contributed by atoms with van der Waals surface area (Å²) in [5.74, 6) is -0.306. The van der Waals surface area contributed by atoms with Crippen LogP contribution < -0.4 is 10.9 Å². The van der Waals surface area contributed by atoms with Gasteiger partial charge in [0.05, 0.1) is 11.3 Å². The summed E-state index contributed by atoms with van der Waals surface area (Å²) < 4.78 is 15.2. The summed E-state index contributed by atoms with van der Waals surface area (Å²) in [4.78, 5) is 35.4. The summed E-state index contributed by atoms with van der Waals surface area (Å²) >= 11 is 2.55. The highest BCUT2D eigenvalue weighted by Gasteiger charge is 2.18. The molecule has 0 aliphatic rings. The molecule has 1 aromatic carbocycles. The summed E-state index contributed by atoms with van der Waals surface area (Å²) in [6.45, 7) is 4.56. The van der Waals surface area contributed by atoms with Gasteiger partial charge >= 0.3 is 0 Å². The molecule has 9 heteroatoms. The normalized spacial score (nSPS) is 11.5. The Labute approximate surface area is 180 Å². The maximum Gasteiger partial charge on any atom is 0.272 e. The van der Waals surface area contributed by atoms with E-state index in [2.05, 4.69) is 10.3 Å². The van der Waals surface area contributed by atoms with Gasteiger partial charge in [-0.15, -0.1) is 11.3 Å². The molecule has 3 aromatic heterocycles. The molecule has 0 aliphatic heterocycles. The standard InChI is InChI=1S/C21H19FN4O2S2/c1-12(2)10-26-20(28)18-17(15-4-3-9-23-19(15)30-18)25-21(26)29-11-16(27)24-14-7-5-13(22)6-8-14/h3-9,12H,10-11H2,1-2H3,(H,24,27). The van der Waals surface area contributed by atoms with Crippen LogP contribution in [0, 0.1) is 11.7 Å². The number of hydrogen-bond acceptors (Lipinski definition) is 6. The number of rotatable bonds is 6. The zero-order chi connectivity index (χ0) is 21.3. The predicted molar refractivity (Wildman–Crippen MR) is 120 cm³/mol. The average Bonchev–Trinajstić information content (AvgIpc) is 3.09. The molecule has 0 aliphatic carbocycles. The zero-order valence-electron chi connectivity index (χ0n) is 16.4. The number of benzene rings is 1. The summed E-state index contributed by atoms with van der Waals surface area (Å²) in [6, 6.07) is 9.29. The fourth-order valence-corrected chi connectivity index (χ4v) is 4.87. The predicted octanol–water partition coefficient (Wildman–Crippen LogP) is 4.53. The topological polar surface area (TPSA) is 76.9 Å². The van der Waals surface area contributed by atoms with E-state index in [1.165, 1.54) is 47.4 Å². The molecule has 4 rings (SSSR count). The first-order valence-corrected chi connectivity index (χ1v) is 11.2. The number of halogens is 1. The molecule has 0 spiro atoms. The van der Waals surface area contributed by atoms with E-state index in [-0.39, 0.29) is 29.0 Å². The van der Waals surface area contributed by atoms with Gasteiger partial charge in [0.25, 0.3) is 5.56 Å². The highest BCUT2D eigenvalue weighted by Crippen LogP contribution is 2.30. The van der Waals surface area contributed by atoms with E-state index in [0.717, 1.165) is 10.2 Å². The first-order valence-electron chi connectivity index (χ1n) is 9.38. The van der Waals surface area contributed by atoms with Crippen LogP contribution >= 0.6 is 23.1 Å². The minimum Gasteiger partial charge on any atom is -0.325 e. The number of fused-ring (bicyclic) bond motifs is 3. The number of thiophene rings is 1. The molecule has 1 amide bonds. The molecule has 0 radical (unpaired) electrons. The Bertz CT molecular complexity index is 1280. The second-order valence-corrected chi connectivity index (χ2v) is 9.13. The Morgan fingerprint density at radius 3 is 2.77 bits per heavy atom. The lowest BCUT2D eigenvalue weighted by atomic mass is 10.2. The first kappa shape index (κ1) is 20.5. The fourth-order valence-electron chi connectivity index (χ4n) is 3.04. The van der Waals surface area contributed by atoms with E-state index < -0.39 is 0 Å². The minimum absolute atomic E-state index is 0.0771. The zero-order valence-corrected chi connectivity index (χ0v) is 18.0. The molecule has 6 nitrogen and oxygen atoms in total. The van der Waals surface area contributed by atoms with Gasteiger partial charge in [-0.05, 0) is 42.3 Å². The Hall–Kier alpha value is -2.78. The van der Waals surface area contributed by atoms with E-state index in [4.69, 9.17) is 4.98 Å². The molecule has 154 valence electrons. The number of nitrogens with zero attached hydrogens (tertiary/aromatic N) is 3. The van der Waals surface area contributed by atoms with Gasteiger partial charge in [0.2, 0.25) is 5.91 Å². The third kappa shape index (κ3) is 4.22. The molecule has 0 unspecified atom stereocenters. The maximum absolute atomic E-state index is 13.2. The van der Waals surface area contributed by atoms with Crippen molar-refractivity contribution in [2.24, 2.45) is 5.92 Å². The van der Waals surface area contributed by atoms with Crippen LogP contribution in [0.4, 0.5) is 10.1 Å². The van der Waals surface area contributed by atoms with Crippen molar-refractivity contribution in [1.29, 1.82) is 0 Å². The molecule has 30 heavy (non-hydrogen) atoms. The summed E-state index contributed by atoms with van der Waals surface area (Å²) in [5.41, 5.74) is 1.02. The molecule has 0 fully saturated rings. The SMILES string of the molecule is CC(C)Cn1c(SCC(=O)Nc2ccc(F)cc2)nc2c(sc3ncccc32)c1=O. The van der Waals surface area contributed by atoms with Gasteiger partial charge in [-0.1, -0.05) is 25.6 Å². The Morgan fingerprint density at radius 2 is 2.03 bits per heavy atom. The third-order valence-corrected chi connectivity index (χ3v) is 6.39. The van der Waals surface area contributed by atoms with Gasteiger partial charge in [0, 0.05) is 23.8 Å². The smallest absolute Gasteiger partial charge is 0.272 e. The number of nitrogens with one attached hydrogen (secondary N) is 1. The number of pyridine rings is 1. The van der Waals surface area contributed by atoms with Crippen LogP contribution in [0.3, 0.4) is 0 Å². The minimum atomic E-state index is -0.366. The summed E-state index contributed by atoms with van der Waals surface area (Å²) in [5, 5.41) is 4.06. The van der Waals surface area contributed by atoms with Gasteiger partial charge in [-0.2, -0.15) is 0 Å². The van der Waals surface area contributed by atoms with Crippen LogP contribution in [0.1, 0.15) is 13.8 Å². The van der Waals surface area contributed by atoms with Crippen molar-refractivity contribution >= 4 is 55.1 Å². The molecule has 4 aromatic rings. The van der Waals surface area contributed by atoms with E-state index >= 15 is 0 Å². The van der Waals surface area contributed by atoms with Gasteiger partial charge < -0.3 is 5.32 Å². The number of carbonyl (C=O) groups is 1. The molecular weight excluding hydrogens is 423 g/mol. The van der Waals surface area contributed by atoms with Gasteiger partial charge in [-0.3, -0.25) is 14.2 Å². The summed E-state index contributed by atoms with van der Waals surface area (Å²) in [6.07, 6.45) is 1.69. The molecular formula is C21H19FN4O2S2. The van der Waals surface area contributed by atoms with Crippen molar-refractivity contribution in [3.8, 4) is 0 Å². The van der Waals surface area contributed by atoms with Crippen molar-refractivity contribution in [2.75, 3.05) is 11.1 Å². The highest BCUT2D eigenvalue weighted by molar-refractivity contribution is 7.99. The molecule has 3 heterocycles. The van der Waals surface area contributed by atoms with Crippen molar-refractivity contribution in [3.05, 3.63) is 58.8 Å². The van der Waals surface area contributed by atoms with Gasteiger partial charge in [0.15, 0.2) is 5.16 Å². The fraction of sp³-hybridized carbons (Fsp3) is 0.238. The lowest BCUT2D eigenvalue weighted by molar-refractivity contribution is -0.113. The molecule has 1 N–H and O–H groups in total. The van der Waals surface area contributed by atoms with Crippen molar-refractivity contribution in [1.82, 2.24) is 14.5 Å². The van der Waals surface area contributed by atoms with Crippen LogP contribution in [-0.4, -0.2) is 26.2 Å². The van der Waals surface area contributed by atoms with E-state index in [1.54, 1.807) is 10.8 Å². The number of anilines is 1. The Kier molecular flexibility index (Phi) is 5.83. The third-order valence-electron chi connectivity index (χ3n) is 4.33. The van der Waals surface area contributed by atoms with E-state index in [9.17, 15) is 14.0 Å². The maximum atomic E-state index is 13.2. The average molecular weight is 443 g/mol. The van der Waals surface area contributed by atoms with E-state index in [1.807, 2.05) is 26.0 Å². The number of amides is 1. The van der Waals surface area contributed by atoms with Crippen LogP contribution in [0.25, 0.3) is 20.4 Å². The lowest BCUT2D eigenvalue weighted by Gasteiger charge is -2.14. The Morgan fingerprint density at radius 1 is 1.27 bits per heavy atom. The second-order valence-electron chi connectivity index (χ2n) is 7.18. The quantitative estimate of drug-likeness (QED) is 0.351. The number of thioether (sulfide) groups is 1. The van der Waals surface area contributed by atoms with Crippen molar-refractivity contribution in [2.45, 2.75) is 25.5 Å². The molecule has 0 saturated heterocycles. The first-order chi connectivity index (χ1) is 14.4. The van der Waals surface area contributed by atoms with Gasteiger partial charge in [0.1, 0.15) is 15.3 Å². The highest BCUT2D eigenvalue weighted by atomic mass is 32.2. The number of aromatic nitrogens is 3. The number of hydrogen-bond donors (Lipinski definition) is 1. The lowest BCUT2D eigenvalue weighted by Crippen LogP contribution is -2.25. The largest absolute Gasteiger partial charge is 0.325 e. The van der Waals surface area contributed by atoms with Crippen LogP contribution in [-0.2, 0) is 11.3 Å². The monoisotopic (exact) mass is 442 g/mol. The van der Waals surface area contributed by atoms with E-state index in [0.29, 0.717) is 27.6 Å². The molecule has 0 saturated carbocycles. The van der Waals surface area contributed by atoms with Gasteiger partial charge in [-0.25, -0.2) is 14.4 Å². The second kappa shape index (κ2) is 8.53. The molecule has 0 bridgehead atoms. The number of carbonyl (C=O) groups excluding carboxylic acids is 1. The Balaban J connectivity index is 1.65. The van der Waals surface area contributed by atoms with Crippen LogP contribution in [0.5, 0.6) is 0 Å².